The molecule has 2 aromatic heterocycles. The van der Waals surface area contributed by atoms with Gasteiger partial charge in [0.15, 0.2) is 5.78 Å². The maximum Gasteiger partial charge on any atom is 0.162 e. The minimum Gasteiger partial charge on any atom is -0.512 e. The number of hydrogen-bond acceptors (Lipinski definition) is 4. The summed E-state index contributed by atoms with van der Waals surface area (Å²) in [5.74, 6) is 1.23. The van der Waals surface area contributed by atoms with Crippen molar-refractivity contribution in [3.8, 4) is 22.5 Å². The van der Waals surface area contributed by atoms with Crippen LogP contribution in [0.2, 0.25) is 0 Å². The Balaban J connectivity index is 0.000000251. The van der Waals surface area contributed by atoms with E-state index in [-0.39, 0.29) is 55.2 Å². The van der Waals surface area contributed by atoms with E-state index in [2.05, 4.69) is 99.2 Å². The molecule has 0 unspecified atom stereocenters. The van der Waals surface area contributed by atoms with E-state index in [0.29, 0.717) is 18.0 Å². The molecule has 0 saturated heterocycles. The first-order chi connectivity index (χ1) is 28.7. The number of aryl methyl sites for hydroxylation is 4. The number of allylic oxidation sites excluding steroid dienone is 2. The van der Waals surface area contributed by atoms with E-state index < -0.39 is 0 Å². The molecule has 59 heavy (non-hydrogen) atoms. The molecule has 0 atom stereocenters. The van der Waals surface area contributed by atoms with E-state index in [4.69, 9.17) is 4.11 Å². The van der Waals surface area contributed by atoms with Gasteiger partial charge in [-0.25, -0.2) is 0 Å². The first kappa shape index (κ1) is 44.1. The maximum atomic E-state index is 11.9. The van der Waals surface area contributed by atoms with Crippen molar-refractivity contribution >= 4 is 27.3 Å². The molecular formula is C54H66IrN2O2-2. The number of fused-ring (bicyclic) bond motifs is 2. The first-order valence-electron chi connectivity index (χ1n) is 22.5. The largest absolute Gasteiger partial charge is 0.512 e. The number of pyridine rings is 2. The van der Waals surface area contributed by atoms with E-state index in [0.717, 1.165) is 86.4 Å². The summed E-state index contributed by atoms with van der Waals surface area (Å²) < 4.78 is 24.3. The van der Waals surface area contributed by atoms with E-state index >= 15 is 0 Å². The van der Waals surface area contributed by atoms with Crippen LogP contribution in [0.4, 0.5) is 0 Å². The number of benzene rings is 4. The standard InChI is InChI=1S/2C20H20N.C14H26O2.Ir/c2*1-13(2)16-5-6-19-17(12-16)7-8-21-20(19)18-10-14(3)9-15(4)11-18;1-6-11(7-2)12(15)10-13(16)14(5,8-3)9-4;/h2*5-10,12-13H,1-4H3;10-11,16H,6-9H2,1-5H3;/q2*-1;;/b;;13-10-;/i7D,8D;8D;;. The van der Waals surface area contributed by atoms with Gasteiger partial charge in [0.2, 0.25) is 0 Å². The van der Waals surface area contributed by atoms with Crippen molar-refractivity contribution in [1.29, 1.82) is 0 Å². The molecule has 1 N–H and O–H groups in total. The fourth-order valence-electron chi connectivity index (χ4n) is 7.12. The van der Waals surface area contributed by atoms with Gasteiger partial charge in [0.05, 0.1) is 4.11 Å². The number of hydrogen-bond donors (Lipinski definition) is 1. The number of aromatic nitrogens is 2. The smallest absolute Gasteiger partial charge is 0.162 e. The van der Waals surface area contributed by atoms with Gasteiger partial charge in [-0.3, -0.25) is 4.79 Å². The number of rotatable bonds is 11. The minimum absolute atomic E-state index is 0. The molecule has 6 rings (SSSR count). The average molecular weight is 970 g/mol. The molecule has 0 spiro atoms. The molecule has 0 aliphatic rings. The van der Waals surface area contributed by atoms with Gasteiger partial charge in [0.1, 0.15) is 5.76 Å². The van der Waals surface area contributed by atoms with Gasteiger partial charge >= 0.3 is 0 Å². The normalized spacial score (nSPS) is 12.3. The molecule has 4 aromatic carbocycles. The zero-order valence-corrected chi connectivity index (χ0v) is 40.0. The zero-order valence-electron chi connectivity index (χ0n) is 40.6. The van der Waals surface area contributed by atoms with E-state index in [1.807, 2.05) is 79.7 Å². The van der Waals surface area contributed by atoms with E-state index in [9.17, 15) is 9.90 Å². The monoisotopic (exact) mass is 970 g/mol. The topological polar surface area (TPSA) is 63.1 Å². The Morgan fingerprint density at radius 3 is 1.61 bits per heavy atom. The number of ketones is 1. The van der Waals surface area contributed by atoms with Gasteiger partial charge in [0, 0.05) is 49.9 Å². The molecule has 0 saturated carbocycles. The van der Waals surface area contributed by atoms with Crippen LogP contribution in [0.1, 0.15) is 137 Å². The van der Waals surface area contributed by atoms with Crippen LogP contribution >= 0.6 is 0 Å². The third kappa shape index (κ3) is 12.8. The van der Waals surface area contributed by atoms with Crippen molar-refractivity contribution in [3.05, 3.63) is 142 Å². The summed E-state index contributed by atoms with van der Waals surface area (Å²) in [5, 5.41) is 13.9. The number of aliphatic hydroxyl groups is 1. The van der Waals surface area contributed by atoms with Gasteiger partial charge in [-0.05, 0) is 93.7 Å². The Bertz CT molecular complexity index is 2480. The second-order valence-corrected chi connectivity index (χ2v) is 16.6. The SMILES string of the molecule is CCC(CC)C(=O)/C=C(\O)C(C)(CC)CC.[2H]c1cc2cc(C(C)C)ccc2c(-c2[c-]c(C)cc(C)c2)n1.[2H]c1nc(-c2[c-]c(C)cc(C)c2)c2ccc(C(C)C)cc2c1[2H].[Ir]. The van der Waals surface area contributed by atoms with Crippen LogP contribution in [0.5, 0.6) is 0 Å². The Morgan fingerprint density at radius 2 is 1.17 bits per heavy atom. The number of carbonyl (C=O) groups excluding carboxylic acids is 1. The summed E-state index contributed by atoms with van der Waals surface area (Å²) in [4.78, 5) is 20.7. The van der Waals surface area contributed by atoms with Crippen LogP contribution in [-0.2, 0) is 24.9 Å². The van der Waals surface area contributed by atoms with Crippen molar-refractivity contribution in [3.63, 3.8) is 0 Å². The van der Waals surface area contributed by atoms with Crippen LogP contribution in [0.15, 0.2) is 97.0 Å². The minimum atomic E-state index is -0.248. The summed E-state index contributed by atoms with van der Waals surface area (Å²) in [7, 11) is 0. The summed E-state index contributed by atoms with van der Waals surface area (Å²) in [6, 6.07) is 29.6. The molecular weight excluding hydrogens is 901 g/mol. The molecule has 0 fully saturated rings. The number of nitrogens with zero attached hydrogens (tertiary/aromatic N) is 2. The molecule has 4 nitrogen and oxygen atoms in total. The molecule has 0 bridgehead atoms. The van der Waals surface area contributed by atoms with Gasteiger partial charge in [-0.2, -0.15) is 0 Å². The Morgan fingerprint density at radius 1 is 0.712 bits per heavy atom. The third-order valence-electron chi connectivity index (χ3n) is 11.4. The van der Waals surface area contributed by atoms with Gasteiger partial charge in [-0.15, -0.1) is 69.8 Å². The first-order valence-corrected chi connectivity index (χ1v) is 21.0. The quantitative estimate of drug-likeness (QED) is 0.0798. The van der Waals surface area contributed by atoms with Gasteiger partial charge < -0.3 is 15.1 Å². The van der Waals surface area contributed by atoms with E-state index in [1.54, 1.807) is 0 Å². The molecule has 0 amide bonds. The summed E-state index contributed by atoms with van der Waals surface area (Å²) >= 11 is 0. The number of carbonyl (C=O) groups is 1. The van der Waals surface area contributed by atoms with Crippen LogP contribution in [0.25, 0.3) is 44.1 Å². The van der Waals surface area contributed by atoms with Crippen LogP contribution < -0.4 is 0 Å². The third-order valence-corrected chi connectivity index (χ3v) is 11.4. The van der Waals surface area contributed by atoms with Crippen LogP contribution in [0, 0.1) is 51.2 Å². The van der Waals surface area contributed by atoms with Crippen molar-refractivity contribution in [1.82, 2.24) is 9.97 Å². The second kappa shape index (κ2) is 22.2. The Kier molecular flexibility index (Phi) is 16.6. The molecule has 0 aliphatic heterocycles. The zero-order chi connectivity index (χ0) is 45.3. The van der Waals surface area contributed by atoms with Crippen molar-refractivity contribution in [2.75, 3.05) is 0 Å². The second-order valence-electron chi connectivity index (χ2n) is 16.6. The molecule has 2 heterocycles. The predicted octanol–water partition coefficient (Wildman–Crippen LogP) is 15.1. The van der Waals surface area contributed by atoms with E-state index in [1.165, 1.54) is 22.8 Å². The maximum absolute atomic E-state index is 11.9. The van der Waals surface area contributed by atoms with Crippen LogP contribution in [-0.4, -0.2) is 20.9 Å². The fourth-order valence-corrected chi connectivity index (χ4v) is 7.12. The predicted molar refractivity (Wildman–Crippen MR) is 248 cm³/mol. The Hall–Kier alpha value is -4.44. The average Bonchev–Trinajstić information content (AvgIpc) is 3.21. The summed E-state index contributed by atoms with van der Waals surface area (Å²) in [6.45, 7) is 26.9. The van der Waals surface area contributed by atoms with Crippen molar-refractivity contribution < 1.29 is 34.1 Å². The van der Waals surface area contributed by atoms with Crippen molar-refractivity contribution in [2.24, 2.45) is 11.3 Å². The molecule has 6 aromatic rings. The fraction of sp³-hybridized carbons (Fsp3) is 0.389. The summed E-state index contributed by atoms with van der Waals surface area (Å²) in [5.41, 5.74) is 10.1. The van der Waals surface area contributed by atoms with Gasteiger partial charge in [0.25, 0.3) is 0 Å². The van der Waals surface area contributed by atoms with Gasteiger partial charge in [-0.1, -0.05) is 126 Å². The Labute approximate surface area is 373 Å². The van der Waals surface area contributed by atoms with Crippen molar-refractivity contribution in [2.45, 2.75) is 128 Å². The number of aliphatic hydroxyl groups excluding tert-OH is 1. The molecule has 0 aliphatic carbocycles. The molecule has 5 heteroatoms. The summed E-state index contributed by atoms with van der Waals surface area (Å²) in [6.07, 6.45) is 5.15. The molecule has 315 valence electrons. The van der Waals surface area contributed by atoms with Crippen LogP contribution in [0.3, 0.4) is 0 Å². The molecule has 1 radical (unpaired) electrons.